The van der Waals surface area contributed by atoms with Crippen molar-refractivity contribution >= 4 is 18.0 Å². The second-order valence-corrected chi connectivity index (χ2v) is 4.74. The molecule has 0 spiro atoms. The van der Waals surface area contributed by atoms with Crippen LogP contribution in [0.1, 0.15) is 32.6 Å². The molecule has 0 rings (SSSR count). The van der Waals surface area contributed by atoms with Crippen LogP contribution in [-0.4, -0.2) is 55.2 Å². The summed E-state index contributed by atoms with van der Waals surface area (Å²) in [5.74, 6) is -1.52. The second-order valence-electron chi connectivity index (χ2n) is 4.74. The maximum absolute atomic E-state index is 11.7. The number of carboxylic acids is 1. The van der Waals surface area contributed by atoms with Gasteiger partial charge in [0.05, 0.1) is 13.0 Å². The lowest BCUT2D eigenvalue weighted by molar-refractivity contribution is -0.145. The smallest absolute Gasteiger partial charge is 0.317 e. The normalized spacial score (nSPS) is 11.6. The number of hydrogen-bond acceptors (Lipinski definition) is 4. The summed E-state index contributed by atoms with van der Waals surface area (Å²) in [6, 6.07) is -0.251. The van der Waals surface area contributed by atoms with Crippen LogP contribution in [0.4, 0.5) is 4.79 Å². The van der Waals surface area contributed by atoms with E-state index >= 15 is 0 Å². The van der Waals surface area contributed by atoms with Gasteiger partial charge in [0.2, 0.25) is 0 Å². The van der Waals surface area contributed by atoms with Crippen molar-refractivity contribution in [3.63, 3.8) is 0 Å². The van der Waals surface area contributed by atoms with Crippen LogP contribution < -0.4 is 5.32 Å². The molecule has 2 N–H and O–H groups in total. The number of nitrogens with one attached hydrogen (secondary N) is 1. The van der Waals surface area contributed by atoms with Crippen LogP contribution in [0, 0.1) is 5.92 Å². The van der Waals surface area contributed by atoms with Crippen molar-refractivity contribution in [3.05, 3.63) is 0 Å². The highest BCUT2D eigenvalue weighted by atomic mass is 16.5. The van der Waals surface area contributed by atoms with E-state index in [2.05, 4.69) is 10.1 Å². The first-order valence-electron chi connectivity index (χ1n) is 6.67. The fourth-order valence-corrected chi connectivity index (χ4v) is 1.68. The average Bonchev–Trinajstić information content (AvgIpc) is 2.40. The first-order chi connectivity index (χ1) is 9.38. The number of hydrogen-bond donors (Lipinski definition) is 2. The molecule has 116 valence electrons. The summed E-state index contributed by atoms with van der Waals surface area (Å²) >= 11 is 0. The SMILES string of the molecule is COC(=O)C(C)CN(C)C(=O)NCCCCCC(=O)O. The number of unbranched alkanes of at least 4 members (excludes halogenated alkanes) is 2. The summed E-state index contributed by atoms with van der Waals surface area (Å²) in [6.07, 6.45) is 2.26. The molecule has 0 aromatic carbocycles. The maximum atomic E-state index is 11.7. The number of rotatable bonds is 9. The predicted octanol–water partition coefficient (Wildman–Crippen LogP) is 1.08. The van der Waals surface area contributed by atoms with E-state index < -0.39 is 5.97 Å². The van der Waals surface area contributed by atoms with E-state index in [1.807, 2.05) is 0 Å². The van der Waals surface area contributed by atoms with E-state index in [0.29, 0.717) is 13.0 Å². The fraction of sp³-hybridized carbons (Fsp3) is 0.769. The van der Waals surface area contributed by atoms with E-state index in [9.17, 15) is 14.4 Å². The van der Waals surface area contributed by atoms with Crippen LogP contribution >= 0.6 is 0 Å². The molecule has 0 fully saturated rings. The molecule has 7 heteroatoms. The predicted molar refractivity (Wildman–Crippen MR) is 73.3 cm³/mol. The van der Waals surface area contributed by atoms with Gasteiger partial charge in [-0.25, -0.2) is 4.79 Å². The van der Waals surface area contributed by atoms with Gasteiger partial charge in [0.1, 0.15) is 0 Å². The Kier molecular flexibility index (Phi) is 9.15. The van der Waals surface area contributed by atoms with Crippen molar-refractivity contribution in [1.82, 2.24) is 10.2 Å². The third kappa shape index (κ3) is 8.34. The Balaban J connectivity index is 3.75. The summed E-state index contributed by atoms with van der Waals surface area (Å²) in [5, 5.41) is 11.2. The topological polar surface area (TPSA) is 95.9 Å². The molecule has 0 saturated heterocycles. The van der Waals surface area contributed by atoms with E-state index in [4.69, 9.17) is 5.11 Å². The Labute approximate surface area is 119 Å². The van der Waals surface area contributed by atoms with E-state index in [1.54, 1.807) is 14.0 Å². The number of urea groups is 1. The van der Waals surface area contributed by atoms with Crippen molar-refractivity contribution in [2.75, 3.05) is 27.2 Å². The number of methoxy groups -OCH3 is 1. The van der Waals surface area contributed by atoms with E-state index in [0.717, 1.165) is 12.8 Å². The molecule has 0 radical (unpaired) electrons. The third-order valence-corrected chi connectivity index (χ3v) is 2.84. The van der Waals surface area contributed by atoms with Crippen LogP contribution in [0.25, 0.3) is 0 Å². The molecule has 0 aliphatic carbocycles. The van der Waals surface area contributed by atoms with Crippen molar-refractivity contribution in [1.29, 1.82) is 0 Å². The quantitative estimate of drug-likeness (QED) is 0.489. The second kappa shape index (κ2) is 10.1. The maximum Gasteiger partial charge on any atom is 0.317 e. The Hall–Kier alpha value is -1.79. The average molecular weight is 288 g/mol. The van der Waals surface area contributed by atoms with E-state index in [1.165, 1.54) is 12.0 Å². The molecule has 2 amide bonds. The zero-order valence-electron chi connectivity index (χ0n) is 12.3. The minimum absolute atomic E-state index is 0.157. The highest BCUT2D eigenvalue weighted by Gasteiger charge is 2.18. The highest BCUT2D eigenvalue weighted by molar-refractivity contribution is 5.76. The number of esters is 1. The number of carbonyl (C=O) groups excluding carboxylic acids is 2. The molecule has 0 aliphatic heterocycles. The first kappa shape index (κ1) is 18.2. The minimum atomic E-state index is -0.800. The number of amides is 2. The molecule has 0 saturated carbocycles. The molecule has 0 bridgehead atoms. The van der Waals surface area contributed by atoms with Gasteiger partial charge in [0.25, 0.3) is 0 Å². The third-order valence-electron chi connectivity index (χ3n) is 2.84. The van der Waals surface area contributed by atoms with Gasteiger partial charge in [-0.05, 0) is 12.8 Å². The molecular weight excluding hydrogens is 264 g/mol. The lowest BCUT2D eigenvalue weighted by atomic mass is 10.2. The summed E-state index contributed by atoms with van der Waals surface area (Å²) < 4.78 is 4.59. The number of carboxylic acid groups (broad SMARTS) is 1. The van der Waals surface area contributed by atoms with Crippen LogP contribution in [-0.2, 0) is 14.3 Å². The molecule has 7 nitrogen and oxygen atoms in total. The molecule has 0 aliphatic rings. The van der Waals surface area contributed by atoms with Gasteiger partial charge < -0.3 is 20.1 Å². The fourth-order valence-electron chi connectivity index (χ4n) is 1.68. The Morgan fingerprint density at radius 2 is 1.90 bits per heavy atom. The van der Waals surface area contributed by atoms with Crippen LogP contribution in [0.5, 0.6) is 0 Å². The van der Waals surface area contributed by atoms with Gasteiger partial charge in [0.15, 0.2) is 0 Å². The standard InChI is InChI=1S/C13H24N2O5/c1-10(12(18)20-3)9-15(2)13(19)14-8-6-4-5-7-11(16)17/h10H,4-9H2,1-3H3,(H,14,19)(H,16,17). The summed E-state index contributed by atoms with van der Waals surface area (Å²) in [5.41, 5.74) is 0. The van der Waals surface area contributed by atoms with Gasteiger partial charge in [-0.2, -0.15) is 0 Å². The number of aliphatic carboxylic acids is 1. The summed E-state index contributed by atoms with van der Waals surface area (Å²) in [4.78, 5) is 34.7. The number of nitrogens with zero attached hydrogens (tertiary/aromatic N) is 1. The summed E-state index contributed by atoms with van der Waals surface area (Å²) in [6.45, 7) is 2.48. The Morgan fingerprint density at radius 1 is 1.25 bits per heavy atom. The highest BCUT2D eigenvalue weighted by Crippen LogP contribution is 2.02. The van der Waals surface area contributed by atoms with Crippen molar-refractivity contribution in [2.45, 2.75) is 32.6 Å². The lowest BCUT2D eigenvalue weighted by Gasteiger charge is -2.20. The number of ether oxygens (including phenoxy) is 1. The monoisotopic (exact) mass is 288 g/mol. The minimum Gasteiger partial charge on any atom is -0.481 e. The molecular formula is C13H24N2O5. The Bertz CT molecular complexity index is 333. The van der Waals surface area contributed by atoms with Gasteiger partial charge in [0, 0.05) is 26.6 Å². The largest absolute Gasteiger partial charge is 0.481 e. The molecule has 0 heterocycles. The zero-order valence-corrected chi connectivity index (χ0v) is 12.3. The van der Waals surface area contributed by atoms with Crippen LogP contribution in [0.15, 0.2) is 0 Å². The zero-order chi connectivity index (χ0) is 15.5. The van der Waals surface area contributed by atoms with E-state index in [-0.39, 0.29) is 30.9 Å². The van der Waals surface area contributed by atoms with Gasteiger partial charge in [-0.3, -0.25) is 9.59 Å². The number of carbonyl (C=O) groups is 3. The van der Waals surface area contributed by atoms with Gasteiger partial charge >= 0.3 is 18.0 Å². The van der Waals surface area contributed by atoms with Crippen molar-refractivity contribution in [2.24, 2.45) is 5.92 Å². The van der Waals surface area contributed by atoms with Gasteiger partial charge in [-0.15, -0.1) is 0 Å². The lowest BCUT2D eigenvalue weighted by Crippen LogP contribution is -2.41. The molecule has 0 aromatic heterocycles. The first-order valence-corrected chi connectivity index (χ1v) is 6.67. The molecule has 0 aromatic rings. The Morgan fingerprint density at radius 3 is 2.45 bits per heavy atom. The van der Waals surface area contributed by atoms with Crippen molar-refractivity contribution in [3.8, 4) is 0 Å². The molecule has 1 unspecified atom stereocenters. The van der Waals surface area contributed by atoms with Crippen LogP contribution in [0.3, 0.4) is 0 Å². The van der Waals surface area contributed by atoms with Crippen LogP contribution in [0.2, 0.25) is 0 Å². The van der Waals surface area contributed by atoms with Crippen molar-refractivity contribution < 1.29 is 24.2 Å². The summed E-state index contributed by atoms with van der Waals surface area (Å²) in [7, 11) is 2.93. The molecule has 20 heavy (non-hydrogen) atoms. The van der Waals surface area contributed by atoms with Gasteiger partial charge in [-0.1, -0.05) is 13.3 Å². The molecule has 1 atom stereocenters.